The summed E-state index contributed by atoms with van der Waals surface area (Å²) in [6, 6.07) is 4.99. The van der Waals surface area contributed by atoms with Gasteiger partial charge < -0.3 is 10.6 Å². The van der Waals surface area contributed by atoms with Crippen LogP contribution in [0.15, 0.2) is 18.2 Å². The van der Waals surface area contributed by atoms with Gasteiger partial charge in [-0.25, -0.2) is 0 Å². The van der Waals surface area contributed by atoms with Crippen molar-refractivity contribution in [1.82, 2.24) is 10.6 Å². The van der Waals surface area contributed by atoms with Crippen LogP contribution in [-0.2, 0) is 4.79 Å². The van der Waals surface area contributed by atoms with E-state index in [0.717, 1.165) is 5.56 Å². The van der Waals surface area contributed by atoms with Gasteiger partial charge in [0.2, 0.25) is 5.91 Å². The second kappa shape index (κ2) is 7.73. The van der Waals surface area contributed by atoms with E-state index in [2.05, 4.69) is 10.6 Å². The number of carbonyl (C=O) groups excluding carboxylic acids is 1. The Bertz CT molecular complexity index is 515. The molecule has 0 radical (unpaired) electrons. The van der Waals surface area contributed by atoms with E-state index in [9.17, 15) is 14.9 Å². The lowest BCUT2D eigenvalue weighted by molar-refractivity contribution is -0.385. The fourth-order valence-corrected chi connectivity index (χ4v) is 1.84. The Kier molecular flexibility index (Phi) is 6.30. The molecule has 0 saturated carbocycles. The summed E-state index contributed by atoms with van der Waals surface area (Å²) < 4.78 is 0. The zero-order chi connectivity index (χ0) is 16.0. The van der Waals surface area contributed by atoms with E-state index >= 15 is 0 Å². The summed E-state index contributed by atoms with van der Waals surface area (Å²) in [5, 5.41) is 16.8. The molecule has 0 heterocycles. The van der Waals surface area contributed by atoms with Crippen LogP contribution in [0.1, 0.15) is 37.9 Å². The van der Waals surface area contributed by atoms with Gasteiger partial charge in [0.15, 0.2) is 0 Å². The summed E-state index contributed by atoms with van der Waals surface area (Å²) in [5.74, 6) is 0.336. The first kappa shape index (κ1) is 17.1. The van der Waals surface area contributed by atoms with Crippen molar-refractivity contribution >= 4 is 11.6 Å². The van der Waals surface area contributed by atoms with Crippen molar-refractivity contribution in [2.75, 3.05) is 13.1 Å². The highest BCUT2D eigenvalue weighted by molar-refractivity contribution is 5.78. The van der Waals surface area contributed by atoms with Gasteiger partial charge in [-0.1, -0.05) is 26.0 Å². The van der Waals surface area contributed by atoms with Crippen molar-refractivity contribution < 1.29 is 9.72 Å². The molecule has 0 spiro atoms. The quantitative estimate of drug-likeness (QED) is 0.597. The fraction of sp³-hybridized carbons (Fsp3) is 0.533. The molecular weight excluding hydrogens is 270 g/mol. The number of rotatable bonds is 7. The van der Waals surface area contributed by atoms with Gasteiger partial charge in [0.1, 0.15) is 0 Å². The molecule has 0 saturated heterocycles. The van der Waals surface area contributed by atoms with Crippen molar-refractivity contribution in [3.05, 3.63) is 39.4 Å². The maximum atomic E-state index is 11.6. The molecule has 1 amide bonds. The summed E-state index contributed by atoms with van der Waals surface area (Å²) in [6.45, 7) is 8.48. The molecule has 1 aromatic rings. The second-order valence-corrected chi connectivity index (χ2v) is 5.60. The minimum absolute atomic E-state index is 0.0721. The number of nitrogens with one attached hydrogen (secondary N) is 2. The molecule has 0 aliphatic heterocycles. The van der Waals surface area contributed by atoms with E-state index in [0.29, 0.717) is 18.0 Å². The highest BCUT2D eigenvalue weighted by Crippen LogP contribution is 2.22. The SMILES string of the molecule is Cc1ccc(C(C)NCC(=O)NCC(C)C)cc1[N+](=O)[O-]. The van der Waals surface area contributed by atoms with Crippen LogP contribution in [0.25, 0.3) is 0 Å². The smallest absolute Gasteiger partial charge is 0.272 e. The maximum Gasteiger partial charge on any atom is 0.272 e. The number of hydrogen-bond acceptors (Lipinski definition) is 4. The van der Waals surface area contributed by atoms with Crippen molar-refractivity contribution in [2.24, 2.45) is 5.92 Å². The van der Waals surface area contributed by atoms with Crippen molar-refractivity contribution in [3.8, 4) is 0 Å². The highest BCUT2D eigenvalue weighted by atomic mass is 16.6. The van der Waals surface area contributed by atoms with Gasteiger partial charge in [0, 0.05) is 24.2 Å². The Balaban J connectivity index is 2.60. The first-order valence-corrected chi connectivity index (χ1v) is 7.06. The molecule has 2 N–H and O–H groups in total. The third-order valence-electron chi connectivity index (χ3n) is 3.21. The molecular formula is C15H23N3O3. The first-order valence-electron chi connectivity index (χ1n) is 7.06. The third kappa shape index (κ3) is 5.51. The van der Waals surface area contributed by atoms with Gasteiger partial charge in [-0.05, 0) is 25.3 Å². The van der Waals surface area contributed by atoms with Crippen LogP contribution >= 0.6 is 0 Å². The summed E-state index contributed by atoms with van der Waals surface area (Å²) in [5.41, 5.74) is 1.53. The Labute approximate surface area is 125 Å². The van der Waals surface area contributed by atoms with Crippen LogP contribution in [0.3, 0.4) is 0 Å². The number of hydrogen-bond donors (Lipinski definition) is 2. The molecule has 0 bridgehead atoms. The molecule has 0 aliphatic rings. The van der Waals surface area contributed by atoms with E-state index in [1.54, 1.807) is 19.1 Å². The first-order chi connectivity index (χ1) is 9.81. The van der Waals surface area contributed by atoms with Gasteiger partial charge in [-0.3, -0.25) is 14.9 Å². The molecule has 0 fully saturated rings. The predicted octanol–water partition coefficient (Wildman–Crippen LogP) is 2.33. The summed E-state index contributed by atoms with van der Waals surface area (Å²) >= 11 is 0. The van der Waals surface area contributed by atoms with E-state index in [-0.39, 0.29) is 29.1 Å². The van der Waals surface area contributed by atoms with E-state index in [1.807, 2.05) is 26.8 Å². The number of nitro benzene ring substituents is 1. The zero-order valence-corrected chi connectivity index (χ0v) is 13.0. The topological polar surface area (TPSA) is 84.3 Å². The van der Waals surface area contributed by atoms with Gasteiger partial charge in [-0.15, -0.1) is 0 Å². The van der Waals surface area contributed by atoms with Crippen LogP contribution in [0.2, 0.25) is 0 Å². The Morgan fingerprint density at radius 3 is 2.57 bits per heavy atom. The highest BCUT2D eigenvalue weighted by Gasteiger charge is 2.14. The third-order valence-corrected chi connectivity index (χ3v) is 3.21. The minimum atomic E-state index is -0.388. The number of aryl methyl sites for hydroxylation is 1. The lowest BCUT2D eigenvalue weighted by Gasteiger charge is -2.15. The monoisotopic (exact) mass is 293 g/mol. The largest absolute Gasteiger partial charge is 0.355 e. The van der Waals surface area contributed by atoms with Gasteiger partial charge in [0.05, 0.1) is 11.5 Å². The van der Waals surface area contributed by atoms with Gasteiger partial charge in [-0.2, -0.15) is 0 Å². The molecule has 1 rings (SSSR count). The molecule has 6 heteroatoms. The summed E-state index contributed by atoms with van der Waals surface area (Å²) in [7, 11) is 0. The summed E-state index contributed by atoms with van der Waals surface area (Å²) in [4.78, 5) is 22.2. The lowest BCUT2D eigenvalue weighted by Crippen LogP contribution is -2.36. The van der Waals surface area contributed by atoms with Crippen LogP contribution < -0.4 is 10.6 Å². The fourth-order valence-electron chi connectivity index (χ4n) is 1.84. The predicted molar refractivity (Wildman–Crippen MR) is 82.1 cm³/mol. The van der Waals surface area contributed by atoms with E-state index < -0.39 is 0 Å². The van der Waals surface area contributed by atoms with Crippen LogP contribution in [0.5, 0.6) is 0 Å². The molecule has 0 aliphatic carbocycles. The average Bonchev–Trinajstić information content (AvgIpc) is 2.42. The standard InChI is InChI=1S/C15H23N3O3/c1-10(2)8-17-15(19)9-16-12(4)13-6-5-11(3)14(7-13)18(20)21/h5-7,10,12,16H,8-9H2,1-4H3,(H,17,19). The average molecular weight is 293 g/mol. The van der Waals surface area contributed by atoms with Crippen LogP contribution in [-0.4, -0.2) is 23.9 Å². The van der Waals surface area contributed by atoms with E-state index in [1.165, 1.54) is 0 Å². The lowest BCUT2D eigenvalue weighted by atomic mass is 10.0. The van der Waals surface area contributed by atoms with Crippen molar-refractivity contribution in [3.63, 3.8) is 0 Å². The molecule has 116 valence electrons. The normalized spacial score (nSPS) is 12.2. The van der Waals surface area contributed by atoms with Crippen molar-refractivity contribution in [1.29, 1.82) is 0 Å². The van der Waals surface area contributed by atoms with Crippen LogP contribution in [0, 0.1) is 23.0 Å². The minimum Gasteiger partial charge on any atom is -0.355 e. The molecule has 6 nitrogen and oxygen atoms in total. The Hall–Kier alpha value is -1.95. The second-order valence-electron chi connectivity index (χ2n) is 5.60. The number of nitro groups is 1. The zero-order valence-electron chi connectivity index (χ0n) is 13.0. The summed E-state index contributed by atoms with van der Waals surface area (Å²) in [6.07, 6.45) is 0. The maximum absolute atomic E-state index is 11.6. The molecule has 21 heavy (non-hydrogen) atoms. The Morgan fingerprint density at radius 1 is 1.33 bits per heavy atom. The molecule has 1 aromatic carbocycles. The number of nitrogens with zero attached hydrogens (tertiary/aromatic N) is 1. The number of amides is 1. The molecule has 1 unspecified atom stereocenters. The van der Waals surface area contributed by atoms with Crippen molar-refractivity contribution in [2.45, 2.75) is 33.7 Å². The van der Waals surface area contributed by atoms with Crippen LogP contribution in [0.4, 0.5) is 5.69 Å². The van der Waals surface area contributed by atoms with Gasteiger partial charge >= 0.3 is 0 Å². The van der Waals surface area contributed by atoms with E-state index in [4.69, 9.17) is 0 Å². The molecule has 1 atom stereocenters. The number of carbonyl (C=O) groups is 1. The molecule has 0 aromatic heterocycles. The van der Waals surface area contributed by atoms with Gasteiger partial charge in [0.25, 0.3) is 5.69 Å². The Morgan fingerprint density at radius 2 is 2.00 bits per heavy atom. The number of benzene rings is 1.